The van der Waals surface area contributed by atoms with Crippen LogP contribution in [-0.2, 0) is 14.3 Å². The van der Waals surface area contributed by atoms with E-state index in [9.17, 15) is 9.59 Å². The van der Waals surface area contributed by atoms with Gasteiger partial charge < -0.3 is 4.74 Å². The van der Waals surface area contributed by atoms with Crippen molar-refractivity contribution in [1.82, 2.24) is 5.43 Å². The monoisotopic (exact) mass is 438 g/mol. The molecular formula is C26H50N2O3. The zero-order valence-corrected chi connectivity index (χ0v) is 21.3. The Labute approximate surface area is 191 Å². The highest BCUT2D eigenvalue weighted by Crippen LogP contribution is 2.37. The number of nitrogens with two attached hydrogens (primary N) is 1. The minimum absolute atomic E-state index is 0.125. The van der Waals surface area contributed by atoms with Gasteiger partial charge in [0.1, 0.15) is 5.60 Å². The molecule has 0 spiro atoms. The van der Waals surface area contributed by atoms with Gasteiger partial charge in [-0.15, -0.1) is 0 Å². The van der Waals surface area contributed by atoms with Gasteiger partial charge in [-0.2, -0.15) is 0 Å². The first-order chi connectivity index (χ1) is 14.4. The van der Waals surface area contributed by atoms with E-state index in [0.29, 0.717) is 12.3 Å². The van der Waals surface area contributed by atoms with Crippen molar-refractivity contribution in [2.75, 3.05) is 0 Å². The third kappa shape index (κ3) is 10.9. The maximum atomic E-state index is 13.4. The molecule has 3 atom stereocenters. The van der Waals surface area contributed by atoms with Crippen LogP contribution in [0.15, 0.2) is 0 Å². The Morgan fingerprint density at radius 2 is 1.58 bits per heavy atom. The summed E-state index contributed by atoms with van der Waals surface area (Å²) in [5.41, 5.74) is 1.76. The van der Waals surface area contributed by atoms with E-state index >= 15 is 0 Å². The second-order valence-electron chi connectivity index (χ2n) is 11.6. The van der Waals surface area contributed by atoms with Crippen LogP contribution in [0, 0.1) is 35.5 Å². The summed E-state index contributed by atoms with van der Waals surface area (Å²) in [5.74, 6) is 5.84. The van der Waals surface area contributed by atoms with Gasteiger partial charge in [-0.3, -0.25) is 15.0 Å². The summed E-state index contributed by atoms with van der Waals surface area (Å²) in [7, 11) is 0. The van der Waals surface area contributed by atoms with E-state index in [0.717, 1.165) is 25.2 Å². The van der Waals surface area contributed by atoms with Gasteiger partial charge >= 0.3 is 5.97 Å². The van der Waals surface area contributed by atoms with Gasteiger partial charge in [0.15, 0.2) is 0 Å². The molecule has 5 heteroatoms. The molecule has 1 rings (SSSR count). The fraction of sp³-hybridized carbons (Fsp3) is 0.923. The van der Waals surface area contributed by atoms with Crippen molar-refractivity contribution < 1.29 is 14.3 Å². The van der Waals surface area contributed by atoms with E-state index in [1.807, 2.05) is 20.8 Å². The van der Waals surface area contributed by atoms with E-state index in [1.165, 1.54) is 38.5 Å². The van der Waals surface area contributed by atoms with E-state index in [1.54, 1.807) is 0 Å². The Balaban J connectivity index is 3.11. The Morgan fingerprint density at radius 3 is 2.06 bits per heavy atom. The molecule has 0 saturated heterocycles. The van der Waals surface area contributed by atoms with Crippen molar-refractivity contribution in [1.29, 1.82) is 0 Å². The normalized spacial score (nSPS) is 18.6. The molecule has 0 aromatic rings. The van der Waals surface area contributed by atoms with E-state index in [2.05, 4.69) is 33.1 Å². The fourth-order valence-corrected chi connectivity index (χ4v) is 5.28. The number of esters is 1. The largest absolute Gasteiger partial charge is 0.460 e. The van der Waals surface area contributed by atoms with Gasteiger partial charge in [-0.25, -0.2) is 5.84 Å². The summed E-state index contributed by atoms with van der Waals surface area (Å²) in [5, 5.41) is 0. The standard InChI is InChI=1S/C26H50N2O3/c1-18(2)16-21(15-11-14-20-12-9-8-10-13-20)23(25(30)31-26(5,6)7)22(17-19(3)4)24(29)28-27/h18-23H,8-17,27H2,1-7H3,(H,28,29)/t21?,22-,23?/m1/s1. The number of ether oxygens (including phenoxy) is 1. The van der Waals surface area contributed by atoms with Gasteiger partial charge in [0.2, 0.25) is 5.91 Å². The Kier molecular flexibility index (Phi) is 12.1. The van der Waals surface area contributed by atoms with Crippen LogP contribution in [-0.4, -0.2) is 17.5 Å². The molecule has 0 heterocycles. The average Bonchev–Trinajstić information content (AvgIpc) is 2.65. The Morgan fingerprint density at radius 1 is 1.00 bits per heavy atom. The number of amides is 1. The van der Waals surface area contributed by atoms with Crippen molar-refractivity contribution >= 4 is 11.9 Å². The summed E-state index contributed by atoms with van der Waals surface area (Å²) < 4.78 is 5.86. The molecule has 5 nitrogen and oxygen atoms in total. The van der Waals surface area contributed by atoms with Crippen LogP contribution >= 0.6 is 0 Å². The van der Waals surface area contributed by atoms with Crippen molar-refractivity contribution in [2.45, 2.75) is 118 Å². The summed E-state index contributed by atoms with van der Waals surface area (Å²) in [6.07, 6.45) is 11.6. The topological polar surface area (TPSA) is 81.4 Å². The first-order valence-corrected chi connectivity index (χ1v) is 12.7. The molecule has 0 aromatic carbocycles. The predicted molar refractivity (Wildman–Crippen MR) is 128 cm³/mol. The van der Waals surface area contributed by atoms with Gasteiger partial charge in [0, 0.05) is 0 Å². The number of carbonyl (C=O) groups excluding carboxylic acids is 2. The Bertz CT molecular complexity index is 533. The van der Waals surface area contributed by atoms with Crippen molar-refractivity contribution in [3.8, 4) is 0 Å². The summed E-state index contributed by atoms with van der Waals surface area (Å²) in [6.45, 7) is 14.2. The van der Waals surface area contributed by atoms with Gasteiger partial charge in [-0.05, 0) is 63.7 Å². The maximum Gasteiger partial charge on any atom is 0.310 e. The first-order valence-electron chi connectivity index (χ1n) is 12.7. The lowest BCUT2D eigenvalue weighted by Crippen LogP contribution is -2.46. The fourth-order valence-electron chi connectivity index (χ4n) is 5.28. The third-order valence-corrected chi connectivity index (χ3v) is 6.51. The van der Waals surface area contributed by atoms with Crippen LogP contribution in [0.4, 0.5) is 0 Å². The lowest BCUT2D eigenvalue weighted by Gasteiger charge is -2.35. The second-order valence-corrected chi connectivity index (χ2v) is 11.6. The van der Waals surface area contributed by atoms with Crippen LogP contribution < -0.4 is 11.3 Å². The van der Waals surface area contributed by atoms with E-state index in [-0.39, 0.29) is 23.7 Å². The molecule has 182 valence electrons. The van der Waals surface area contributed by atoms with Gasteiger partial charge in [0.25, 0.3) is 0 Å². The molecule has 1 amide bonds. The number of hydrazine groups is 1. The molecule has 0 bridgehead atoms. The molecule has 31 heavy (non-hydrogen) atoms. The van der Waals surface area contributed by atoms with Crippen molar-refractivity contribution in [3.05, 3.63) is 0 Å². The minimum Gasteiger partial charge on any atom is -0.460 e. The molecule has 0 radical (unpaired) electrons. The van der Waals surface area contributed by atoms with Crippen molar-refractivity contribution in [3.63, 3.8) is 0 Å². The third-order valence-electron chi connectivity index (χ3n) is 6.51. The molecule has 0 aromatic heterocycles. The molecule has 1 aliphatic carbocycles. The summed E-state index contributed by atoms with van der Waals surface area (Å²) in [6, 6.07) is 0. The van der Waals surface area contributed by atoms with Crippen molar-refractivity contribution in [2.24, 2.45) is 41.4 Å². The molecule has 0 aliphatic heterocycles. The van der Waals surface area contributed by atoms with E-state index in [4.69, 9.17) is 10.6 Å². The second kappa shape index (κ2) is 13.4. The lowest BCUT2D eigenvalue weighted by molar-refractivity contribution is -0.167. The highest BCUT2D eigenvalue weighted by atomic mass is 16.6. The highest BCUT2D eigenvalue weighted by Gasteiger charge is 2.41. The number of hydrogen-bond acceptors (Lipinski definition) is 4. The number of carbonyl (C=O) groups is 2. The van der Waals surface area contributed by atoms with Crippen LogP contribution in [0.3, 0.4) is 0 Å². The summed E-state index contributed by atoms with van der Waals surface area (Å²) >= 11 is 0. The molecule has 2 unspecified atom stereocenters. The van der Waals surface area contributed by atoms with E-state index < -0.39 is 17.4 Å². The number of hydrogen-bond donors (Lipinski definition) is 2. The zero-order valence-electron chi connectivity index (χ0n) is 21.3. The maximum absolute atomic E-state index is 13.4. The molecule has 1 saturated carbocycles. The molecule has 1 aliphatic rings. The molecule has 1 fully saturated rings. The predicted octanol–water partition coefficient (Wildman–Crippen LogP) is 6.01. The SMILES string of the molecule is CC(C)CC(CCCC1CCCCC1)C(C(=O)OC(C)(C)C)[C@@H](CC(C)C)C(=O)NN. The first kappa shape index (κ1) is 27.9. The zero-order chi connectivity index (χ0) is 23.6. The molecule has 3 N–H and O–H groups in total. The molecular weight excluding hydrogens is 388 g/mol. The van der Waals surface area contributed by atoms with Crippen LogP contribution in [0.1, 0.15) is 113 Å². The van der Waals surface area contributed by atoms with Gasteiger partial charge in [-0.1, -0.05) is 72.6 Å². The smallest absolute Gasteiger partial charge is 0.310 e. The van der Waals surface area contributed by atoms with Gasteiger partial charge in [0.05, 0.1) is 11.8 Å². The lowest BCUT2D eigenvalue weighted by atomic mass is 9.72. The van der Waals surface area contributed by atoms with Crippen LogP contribution in [0.2, 0.25) is 0 Å². The summed E-state index contributed by atoms with van der Waals surface area (Å²) in [4.78, 5) is 26.3. The quantitative estimate of drug-likeness (QED) is 0.169. The average molecular weight is 439 g/mol. The Hall–Kier alpha value is -1.10. The van der Waals surface area contributed by atoms with Crippen LogP contribution in [0.25, 0.3) is 0 Å². The number of nitrogens with one attached hydrogen (secondary N) is 1. The minimum atomic E-state index is -0.582. The number of rotatable bonds is 12. The highest BCUT2D eigenvalue weighted by molar-refractivity contribution is 5.85. The van der Waals surface area contributed by atoms with Crippen LogP contribution in [0.5, 0.6) is 0 Å².